The Bertz CT molecular complexity index is 635. The second-order valence-corrected chi connectivity index (χ2v) is 5.60. The molecule has 0 radical (unpaired) electrons. The molecule has 0 saturated heterocycles. The molecular weight excluding hydrogens is 290 g/mol. The van der Waals surface area contributed by atoms with Crippen molar-refractivity contribution in [1.29, 1.82) is 0 Å². The first-order chi connectivity index (χ1) is 10.2. The average Bonchev–Trinajstić information content (AvgIpc) is 3.17. The van der Waals surface area contributed by atoms with Gasteiger partial charge in [-0.15, -0.1) is 0 Å². The number of halogens is 1. The summed E-state index contributed by atoms with van der Waals surface area (Å²) >= 11 is 6.09. The second-order valence-electron chi connectivity index (χ2n) is 5.19. The first kappa shape index (κ1) is 14.1. The fourth-order valence-electron chi connectivity index (χ4n) is 2.57. The van der Waals surface area contributed by atoms with E-state index < -0.39 is 0 Å². The Balaban J connectivity index is 1.63. The lowest BCUT2D eigenvalue weighted by Gasteiger charge is -2.07. The molecule has 1 aromatic carbocycles. The van der Waals surface area contributed by atoms with E-state index in [0.29, 0.717) is 16.7 Å². The molecule has 0 bridgehead atoms. The lowest BCUT2D eigenvalue weighted by molar-refractivity contribution is -0.125. The molecule has 1 saturated carbocycles. The van der Waals surface area contributed by atoms with Crippen LogP contribution in [0.2, 0.25) is 5.02 Å². The van der Waals surface area contributed by atoms with Crippen LogP contribution in [0, 0.1) is 5.92 Å². The normalized spacial score (nSPS) is 15.3. The molecule has 1 fully saturated rings. The van der Waals surface area contributed by atoms with Crippen molar-refractivity contribution >= 4 is 17.5 Å². The fourth-order valence-corrected chi connectivity index (χ4v) is 2.79. The third-order valence-electron chi connectivity index (χ3n) is 3.72. The van der Waals surface area contributed by atoms with Gasteiger partial charge in [0, 0.05) is 11.5 Å². The summed E-state index contributed by atoms with van der Waals surface area (Å²) in [6.07, 6.45) is 4.21. The number of aromatic nitrogens is 2. The van der Waals surface area contributed by atoms with Crippen LogP contribution in [0.5, 0.6) is 0 Å². The number of amides is 1. The SMILES string of the molecule is O=C(NCc1nc(-c2ccccc2Cl)no1)C1CCCC1. The summed E-state index contributed by atoms with van der Waals surface area (Å²) in [5.74, 6) is 1.03. The van der Waals surface area contributed by atoms with Crippen LogP contribution in [0.4, 0.5) is 0 Å². The van der Waals surface area contributed by atoms with Gasteiger partial charge in [-0.2, -0.15) is 4.98 Å². The summed E-state index contributed by atoms with van der Waals surface area (Å²) < 4.78 is 5.15. The Hall–Kier alpha value is -1.88. The highest BCUT2D eigenvalue weighted by molar-refractivity contribution is 6.33. The Labute approximate surface area is 127 Å². The zero-order valence-electron chi connectivity index (χ0n) is 11.5. The van der Waals surface area contributed by atoms with Gasteiger partial charge >= 0.3 is 0 Å². The number of nitrogens with one attached hydrogen (secondary N) is 1. The van der Waals surface area contributed by atoms with Crippen molar-refractivity contribution in [2.24, 2.45) is 5.92 Å². The number of hydrogen-bond donors (Lipinski definition) is 1. The van der Waals surface area contributed by atoms with Gasteiger partial charge in [-0.1, -0.05) is 41.7 Å². The number of nitrogens with zero attached hydrogens (tertiary/aromatic N) is 2. The van der Waals surface area contributed by atoms with Gasteiger partial charge in [0.2, 0.25) is 17.6 Å². The van der Waals surface area contributed by atoms with Gasteiger partial charge < -0.3 is 9.84 Å². The van der Waals surface area contributed by atoms with Gasteiger partial charge in [-0.05, 0) is 25.0 Å². The molecule has 1 aliphatic rings. The van der Waals surface area contributed by atoms with E-state index in [0.717, 1.165) is 31.2 Å². The van der Waals surface area contributed by atoms with Crippen molar-refractivity contribution in [2.75, 3.05) is 0 Å². The average molecular weight is 306 g/mol. The highest BCUT2D eigenvalue weighted by Crippen LogP contribution is 2.26. The summed E-state index contributed by atoms with van der Waals surface area (Å²) in [4.78, 5) is 16.2. The van der Waals surface area contributed by atoms with Gasteiger partial charge in [0.15, 0.2) is 0 Å². The second kappa shape index (κ2) is 6.26. The van der Waals surface area contributed by atoms with Crippen LogP contribution in [0.3, 0.4) is 0 Å². The van der Waals surface area contributed by atoms with E-state index in [-0.39, 0.29) is 18.4 Å². The zero-order chi connectivity index (χ0) is 14.7. The molecule has 0 aliphatic heterocycles. The van der Waals surface area contributed by atoms with Crippen LogP contribution in [-0.2, 0) is 11.3 Å². The number of rotatable bonds is 4. The van der Waals surface area contributed by atoms with Crippen molar-refractivity contribution in [1.82, 2.24) is 15.5 Å². The first-order valence-electron chi connectivity index (χ1n) is 7.09. The predicted molar refractivity (Wildman–Crippen MR) is 78.5 cm³/mol. The lowest BCUT2D eigenvalue weighted by Crippen LogP contribution is -2.28. The molecule has 1 aliphatic carbocycles. The maximum absolute atomic E-state index is 11.9. The molecule has 0 unspecified atom stereocenters. The summed E-state index contributed by atoms with van der Waals surface area (Å²) in [5, 5.41) is 7.32. The standard InChI is InChI=1S/C15H16ClN3O2/c16-12-8-4-3-7-11(12)14-18-13(21-19-14)9-17-15(20)10-5-1-2-6-10/h3-4,7-8,10H,1-2,5-6,9H2,(H,17,20). The Morgan fingerprint density at radius 2 is 2.10 bits per heavy atom. The maximum atomic E-state index is 11.9. The summed E-state index contributed by atoms with van der Waals surface area (Å²) in [7, 11) is 0. The Morgan fingerprint density at radius 1 is 1.33 bits per heavy atom. The van der Waals surface area contributed by atoms with Crippen LogP contribution in [-0.4, -0.2) is 16.0 Å². The van der Waals surface area contributed by atoms with Crippen LogP contribution >= 0.6 is 11.6 Å². The first-order valence-corrected chi connectivity index (χ1v) is 7.47. The number of hydrogen-bond acceptors (Lipinski definition) is 4. The molecule has 5 nitrogen and oxygen atoms in total. The molecule has 21 heavy (non-hydrogen) atoms. The molecule has 0 atom stereocenters. The summed E-state index contributed by atoms with van der Waals surface area (Å²) in [6.45, 7) is 0.257. The molecule has 2 aromatic rings. The molecule has 110 valence electrons. The van der Waals surface area contributed by atoms with E-state index in [9.17, 15) is 4.79 Å². The molecule has 1 aromatic heterocycles. The smallest absolute Gasteiger partial charge is 0.246 e. The van der Waals surface area contributed by atoms with Gasteiger partial charge in [0.25, 0.3) is 0 Å². The minimum atomic E-state index is 0.0741. The predicted octanol–water partition coefficient (Wildman–Crippen LogP) is 3.20. The fraction of sp³-hybridized carbons (Fsp3) is 0.400. The molecule has 3 rings (SSSR count). The topological polar surface area (TPSA) is 68.0 Å². The van der Waals surface area contributed by atoms with E-state index >= 15 is 0 Å². The minimum Gasteiger partial charge on any atom is -0.347 e. The van der Waals surface area contributed by atoms with Gasteiger partial charge in [0.1, 0.15) is 0 Å². The largest absolute Gasteiger partial charge is 0.347 e. The van der Waals surface area contributed by atoms with Crippen molar-refractivity contribution in [3.63, 3.8) is 0 Å². The van der Waals surface area contributed by atoms with E-state index in [1.54, 1.807) is 6.07 Å². The monoisotopic (exact) mass is 305 g/mol. The van der Waals surface area contributed by atoms with Crippen molar-refractivity contribution in [3.8, 4) is 11.4 Å². The van der Waals surface area contributed by atoms with Crippen LogP contribution in [0.15, 0.2) is 28.8 Å². The van der Waals surface area contributed by atoms with Gasteiger partial charge in [0.05, 0.1) is 11.6 Å². The molecule has 1 N–H and O–H groups in total. The van der Waals surface area contributed by atoms with Crippen LogP contribution in [0.1, 0.15) is 31.6 Å². The van der Waals surface area contributed by atoms with Gasteiger partial charge in [-0.3, -0.25) is 4.79 Å². The molecule has 6 heteroatoms. The van der Waals surface area contributed by atoms with E-state index in [1.807, 2.05) is 18.2 Å². The minimum absolute atomic E-state index is 0.0741. The van der Waals surface area contributed by atoms with Crippen LogP contribution in [0.25, 0.3) is 11.4 Å². The lowest BCUT2D eigenvalue weighted by atomic mass is 10.1. The van der Waals surface area contributed by atoms with Gasteiger partial charge in [-0.25, -0.2) is 0 Å². The quantitative estimate of drug-likeness (QED) is 0.942. The Morgan fingerprint density at radius 3 is 2.86 bits per heavy atom. The Kier molecular flexibility index (Phi) is 4.20. The maximum Gasteiger partial charge on any atom is 0.246 e. The molecule has 1 heterocycles. The molecule has 1 amide bonds. The summed E-state index contributed by atoms with van der Waals surface area (Å²) in [6, 6.07) is 7.30. The third kappa shape index (κ3) is 3.24. The van der Waals surface area contributed by atoms with E-state index in [4.69, 9.17) is 16.1 Å². The van der Waals surface area contributed by atoms with Crippen LogP contribution < -0.4 is 5.32 Å². The number of carbonyl (C=O) groups excluding carboxylic acids is 1. The number of benzene rings is 1. The van der Waals surface area contributed by atoms with E-state index in [2.05, 4.69) is 15.5 Å². The van der Waals surface area contributed by atoms with Crippen molar-refractivity contribution in [3.05, 3.63) is 35.2 Å². The van der Waals surface area contributed by atoms with Crippen molar-refractivity contribution in [2.45, 2.75) is 32.2 Å². The zero-order valence-corrected chi connectivity index (χ0v) is 12.3. The number of carbonyl (C=O) groups is 1. The molecular formula is C15H16ClN3O2. The summed E-state index contributed by atoms with van der Waals surface area (Å²) in [5.41, 5.74) is 0.719. The van der Waals surface area contributed by atoms with E-state index in [1.165, 1.54) is 0 Å². The highest BCUT2D eigenvalue weighted by Gasteiger charge is 2.22. The third-order valence-corrected chi connectivity index (χ3v) is 4.05. The molecule has 0 spiro atoms. The highest BCUT2D eigenvalue weighted by atomic mass is 35.5. The van der Waals surface area contributed by atoms with Crippen molar-refractivity contribution < 1.29 is 9.32 Å².